The fourth-order valence-electron chi connectivity index (χ4n) is 3.21. The quantitative estimate of drug-likeness (QED) is 0.584. The van der Waals surface area contributed by atoms with Crippen LogP contribution in [-0.4, -0.2) is 33.2 Å². The second-order valence-electron chi connectivity index (χ2n) is 4.88. The molecule has 2 atom stereocenters. The first-order valence-corrected chi connectivity index (χ1v) is 5.88. The minimum atomic E-state index is -0.406. The molecule has 7 heteroatoms. The van der Waals surface area contributed by atoms with Gasteiger partial charge in [0.25, 0.3) is 0 Å². The van der Waals surface area contributed by atoms with Gasteiger partial charge < -0.3 is 20.7 Å². The van der Waals surface area contributed by atoms with E-state index in [1.165, 1.54) is 0 Å². The molecule has 0 saturated carbocycles. The molecule has 2 bridgehead atoms. The molecule has 3 N–H and O–H groups in total. The van der Waals surface area contributed by atoms with Crippen LogP contribution in [0.15, 0.2) is 6.20 Å². The summed E-state index contributed by atoms with van der Waals surface area (Å²) in [6.07, 6.45) is 5.53. The van der Waals surface area contributed by atoms with E-state index in [-0.39, 0.29) is 11.9 Å². The van der Waals surface area contributed by atoms with Gasteiger partial charge in [-0.15, -0.1) is 5.10 Å². The van der Waals surface area contributed by atoms with Crippen molar-refractivity contribution < 1.29 is 4.92 Å². The van der Waals surface area contributed by atoms with Crippen LogP contribution in [0.4, 0.5) is 11.5 Å². The molecule has 92 valence electrons. The summed E-state index contributed by atoms with van der Waals surface area (Å²) in [6, 6.07) is 0.898. The average Bonchev–Trinajstić information content (AvgIpc) is 2.81. The van der Waals surface area contributed by atoms with Crippen molar-refractivity contribution in [1.29, 1.82) is 0 Å². The number of nitro groups is 1. The van der Waals surface area contributed by atoms with Crippen LogP contribution >= 0.6 is 0 Å². The maximum absolute atomic E-state index is 10.9. The Balaban J connectivity index is 1.94. The molecule has 0 radical (unpaired) electrons. The molecule has 2 aliphatic rings. The van der Waals surface area contributed by atoms with Crippen LogP contribution in [0.3, 0.4) is 0 Å². The highest BCUT2D eigenvalue weighted by atomic mass is 16.6. The lowest BCUT2D eigenvalue weighted by atomic mass is 9.98. The number of aromatic amines is 1. The number of nitrogens with zero attached hydrogens (tertiary/aromatic N) is 3. The average molecular weight is 237 g/mol. The Morgan fingerprint density at radius 2 is 2.12 bits per heavy atom. The van der Waals surface area contributed by atoms with Crippen LogP contribution < -0.4 is 10.6 Å². The second kappa shape index (κ2) is 3.69. The number of aromatic nitrogens is 2. The number of nitrogens with two attached hydrogens (primary N) is 1. The molecule has 7 nitrogen and oxygen atoms in total. The molecule has 1 aromatic rings. The lowest BCUT2D eigenvalue weighted by Gasteiger charge is -2.38. The number of piperidine rings is 1. The third kappa shape index (κ3) is 1.57. The summed E-state index contributed by atoms with van der Waals surface area (Å²) >= 11 is 0. The van der Waals surface area contributed by atoms with Crippen LogP contribution in [0.25, 0.3) is 0 Å². The monoisotopic (exact) mass is 237 g/mol. The molecule has 0 amide bonds. The van der Waals surface area contributed by atoms with Gasteiger partial charge in [0.05, 0.1) is 0 Å². The predicted octanol–water partition coefficient (Wildman–Crippen LogP) is 0.776. The van der Waals surface area contributed by atoms with Crippen molar-refractivity contribution in [2.45, 2.75) is 43.8 Å². The second-order valence-corrected chi connectivity index (χ2v) is 4.88. The SMILES string of the molecule is NC1CC2CCC(C1)N2c1cn[nH]c1[N+](=O)[O-]. The number of anilines is 1. The number of hydrogen-bond acceptors (Lipinski definition) is 5. The fourth-order valence-corrected chi connectivity index (χ4v) is 3.21. The van der Waals surface area contributed by atoms with Gasteiger partial charge in [-0.1, -0.05) is 5.10 Å². The van der Waals surface area contributed by atoms with E-state index < -0.39 is 4.92 Å². The smallest absolute Gasteiger partial charge is 0.358 e. The number of H-pyrrole nitrogens is 1. The summed E-state index contributed by atoms with van der Waals surface area (Å²) in [5, 5.41) is 17.2. The van der Waals surface area contributed by atoms with Gasteiger partial charge in [0.2, 0.25) is 0 Å². The Hall–Kier alpha value is -1.63. The topological polar surface area (TPSA) is 101 Å². The lowest BCUT2D eigenvalue weighted by Crippen LogP contribution is -2.47. The van der Waals surface area contributed by atoms with Gasteiger partial charge in [-0.2, -0.15) is 0 Å². The summed E-state index contributed by atoms with van der Waals surface area (Å²) in [7, 11) is 0. The lowest BCUT2D eigenvalue weighted by molar-refractivity contribution is -0.388. The molecule has 0 spiro atoms. The summed E-state index contributed by atoms with van der Waals surface area (Å²) in [4.78, 5) is 12.6. The van der Waals surface area contributed by atoms with Gasteiger partial charge in [0.15, 0.2) is 5.69 Å². The standard InChI is InChI=1S/C10H15N5O2/c11-6-3-7-1-2-8(4-6)14(7)9-5-12-13-10(9)15(16)17/h5-8H,1-4,11H2,(H,12,13). The van der Waals surface area contributed by atoms with Crippen LogP contribution in [0.5, 0.6) is 0 Å². The molecule has 3 heterocycles. The summed E-state index contributed by atoms with van der Waals surface area (Å²) < 4.78 is 0. The fraction of sp³-hybridized carbons (Fsp3) is 0.700. The van der Waals surface area contributed by atoms with Crippen molar-refractivity contribution in [2.75, 3.05) is 4.90 Å². The number of fused-ring (bicyclic) bond motifs is 2. The molecule has 1 aromatic heterocycles. The van der Waals surface area contributed by atoms with Crippen LogP contribution in [0, 0.1) is 10.1 Å². The van der Waals surface area contributed by atoms with Gasteiger partial charge in [-0.05, 0) is 30.6 Å². The highest BCUT2D eigenvalue weighted by molar-refractivity contribution is 5.60. The van der Waals surface area contributed by atoms with Crippen molar-refractivity contribution in [1.82, 2.24) is 10.2 Å². The van der Waals surface area contributed by atoms with E-state index in [0.29, 0.717) is 17.8 Å². The Bertz CT molecular complexity index is 432. The minimum absolute atomic E-state index is 0.00243. The maximum atomic E-state index is 10.9. The van der Waals surface area contributed by atoms with Crippen molar-refractivity contribution >= 4 is 11.5 Å². The molecule has 0 aliphatic carbocycles. The van der Waals surface area contributed by atoms with E-state index >= 15 is 0 Å². The largest absolute Gasteiger partial charge is 0.366 e. The zero-order valence-corrected chi connectivity index (χ0v) is 9.37. The van der Waals surface area contributed by atoms with E-state index in [1.807, 2.05) is 0 Å². The highest BCUT2D eigenvalue weighted by Crippen LogP contribution is 2.41. The van der Waals surface area contributed by atoms with Crippen molar-refractivity contribution in [3.05, 3.63) is 16.3 Å². The van der Waals surface area contributed by atoms with E-state index in [2.05, 4.69) is 15.1 Å². The van der Waals surface area contributed by atoms with Gasteiger partial charge in [0, 0.05) is 18.1 Å². The van der Waals surface area contributed by atoms with Crippen molar-refractivity contribution in [3.8, 4) is 0 Å². The Morgan fingerprint density at radius 3 is 2.71 bits per heavy atom. The van der Waals surface area contributed by atoms with Crippen LogP contribution in [0.2, 0.25) is 0 Å². The van der Waals surface area contributed by atoms with Crippen LogP contribution in [0.1, 0.15) is 25.7 Å². The first-order valence-electron chi connectivity index (χ1n) is 5.88. The van der Waals surface area contributed by atoms with E-state index in [4.69, 9.17) is 5.73 Å². The van der Waals surface area contributed by atoms with Gasteiger partial charge in [-0.3, -0.25) is 0 Å². The first-order chi connectivity index (χ1) is 8.16. The number of hydrogen-bond donors (Lipinski definition) is 2. The van der Waals surface area contributed by atoms with Crippen LogP contribution in [-0.2, 0) is 0 Å². The van der Waals surface area contributed by atoms with Crippen molar-refractivity contribution in [3.63, 3.8) is 0 Å². The summed E-state index contributed by atoms with van der Waals surface area (Å²) in [5.41, 5.74) is 6.60. The zero-order valence-electron chi connectivity index (χ0n) is 9.37. The molecular weight excluding hydrogens is 222 g/mol. The summed E-state index contributed by atoms with van der Waals surface area (Å²) in [6.45, 7) is 0. The van der Waals surface area contributed by atoms with Gasteiger partial charge in [-0.25, -0.2) is 0 Å². The Kier molecular flexibility index (Phi) is 2.29. The molecule has 2 fully saturated rings. The van der Waals surface area contributed by atoms with Gasteiger partial charge >= 0.3 is 5.82 Å². The van der Waals surface area contributed by atoms with E-state index in [1.54, 1.807) is 6.20 Å². The normalized spacial score (nSPS) is 31.8. The molecule has 3 rings (SSSR count). The Labute approximate surface area is 98.1 Å². The minimum Gasteiger partial charge on any atom is -0.358 e. The predicted molar refractivity (Wildman–Crippen MR) is 61.7 cm³/mol. The first kappa shape index (κ1) is 10.5. The van der Waals surface area contributed by atoms with Crippen molar-refractivity contribution in [2.24, 2.45) is 5.73 Å². The third-order valence-corrected chi connectivity index (χ3v) is 3.83. The number of nitrogens with one attached hydrogen (secondary N) is 1. The summed E-state index contributed by atoms with van der Waals surface area (Å²) in [5.74, 6) is -0.00243. The zero-order chi connectivity index (χ0) is 12.0. The maximum Gasteiger partial charge on any atom is 0.366 e. The molecule has 2 unspecified atom stereocenters. The molecule has 17 heavy (non-hydrogen) atoms. The van der Waals surface area contributed by atoms with E-state index in [9.17, 15) is 10.1 Å². The van der Waals surface area contributed by atoms with E-state index in [0.717, 1.165) is 25.7 Å². The Morgan fingerprint density at radius 1 is 1.47 bits per heavy atom. The van der Waals surface area contributed by atoms with Gasteiger partial charge in [0.1, 0.15) is 6.20 Å². The third-order valence-electron chi connectivity index (χ3n) is 3.83. The molecule has 2 saturated heterocycles. The molecular formula is C10H15N5O2. The molecule has 2 aliphatic heterocycles. The molecule has 0 aromatic carbocycles. The number of rotatable bonds is 2. The highest BCUT2D eigenvalue weighted by Gasteiger charge is 2.42.